The molecule has 4 atom stereocenters. The van der Waals surface area contributed by atoms with E-state index >= 15 is 0 Å². The SMILES string of the molecule is COc1cc(OC)cc(C(=O)[C@@H]2[C@H](C)CC[C@H]3C(C)(C)CCC[C@]23C)c1. The molecule has 3 nitrogen and oxygen atoms in total. The number of Topliss-reactive ketones (excluding diaryl/α,β-unsaturated/α-hetero) is 1. The highest BCUT2D eigenvalue weighted by molar-refractivity contribution is 5.99. The van der Waals surface area contributed by atoms with Gasteiger partial charge in [0.1, 0.15) is 11.5 Å². The quantitative estimate of drug-likeness (QED) is 0.641. The third kappa shape index (κ3) is 3.14. The van der Waals surface area contributed by atoms with E-state index in [2.05, 4.69) is 27.7 Å². The van der Waals surface area contributed by atoms with Crippen LogP contribution in [0.2, 0.25) is 0 Å². The van der Waals surface area contributed by atoms with Crippen LogP contribution < -0.4 is 9.47 Å². The predicted octanol–water partition coefficient (Wildman–Crippen LogP) is 5.77. The van der Waals surface area contributed by atoms with Crippen molar-refractivity contribution in [2.45, 2.75) is 59.8 Å². The summed E-state index contributed by atoms with van der Waals surface area (Å²) in [6.07, 6.45) is 6.04. The first-order valence-corrected chi connectivity index (χ1v) is 10.00. The van der Waals surface area contributed by atoms with Gasteiger partial charge in [0.15, 0.2) is 5.78 Å². The zero-order valence-corrected chi connectivity index (χ0v) is 17.2. The average Bonchev–Trinajstić information content (AvgIpc) is 2.59. The molecule has 144 valence electrons. The molecule has 0 heterocycles. The van der Waals surface area contributed by atoms with E-state index in [0.29, 0.717) is 28.7 Å². The van der Waals surface area contributed by atoms with Crippen LogP contribution in [0.15, 0.2) is 18.2 Å². The summed E-state index contributed by atoms with van der Waals surface area (Å²) in [5.74, 6) is 2.72. The van der Waals surface area contributed by atoms with E-state index in [0.717, 1.165) is 18.4 Å². The summed E-state index contributed by atoms with van der Waals surface area (Å²) >= 11 is 0. The number of ketones is 1. The summed E-state index contributed by atoms with van der Waals surface area (Å²) in [7, 11) is 3.26. The summed E-state index contributed by atoms with van der Waals surface area (Å²) in [5.41, 5.74) is 1.12. The van der Waals surface area contributed by atoms with Crippen molar-refractivity contribution in [3.05, 3.63) is 23.8 Å². The summed E-state index contributed by atoms with van der Waals surface area (Å²) in [6.45, 7) is 9.46. The van der Waals surface area contributed by atoms with Crippen LogP contribution in [0.4, 0.5) is 0 Å². The Morgan fingerprint density at radius 3 is 2.19 bits per heavy atom. The van der Waals surface area contributed by atoms with E-state index in [1.807, 2.05) is 18.2 Å². The fourth-order valence-corrected chi connectivity index (χ4v) is 6.19. The van der Waals surface area contributed by atoms with Gasteiger partial charge in [-0.2, -0.15) is 0 Å². The van der Waals surface area contributed by atoms with Crippen molar-refractivity contribution in [2.24, 2.45) is 28.6 Å². The minimum absolute atomic E-state index is 0.0673. The number of hydrogen-bond acceptors (Lipinski definition) is 3. The molecule has 2 aliphatic rings. The largest absolute Gasteiger partial charge is 0.497 e. The number of fused-ring (bicyclic) bond motifs is 1. The van der Waals surface area contributed by atoms with Crippen LogP contribution in [-0.2, 0) is 0 Å². The molecule has 3 rings (SSSR count). The van der Waals surface area contributed by atoms with Crippen LogP contribution in [0.3, 0.4) is 0 Å². The highest BCUT2D eigenvalue weighted by Crippen LogP contribution is 2.61. The van der Waals surface area contributed by atoms with Crippen LogP contribution in [-0.4, -0.2) is 20.0 Å². The maximum Gasteiger partial charge on any atom is 0.167 e. The lowest BCUT2D eigenvalue weighted by Gasteiger charge is -2.58. The number of ether oxygens (including phenoxy) is 2. The lowest BCUT2D eigenvalue weighted by molar-refractivity contribution is -0.0796. The van der Waals surface area contributed by atoms with Crippen molar-refractivity contribution < 1.29 is 14.3 Å². The van der Waals surface area contributed by atoms with E-state index < -0.39 is 0 Å². The van der Waals surface area contributed by atoms with Gasteiger partial charge in [-0.3, -0.25) is 4.79 Å². The number of carbonyl (C=O) groups excluding carboxylic acids is 1. The Morgan fingerprint density at radius 2 is 1.62 bits per heavy atom. The van der Waals surface area contributed by atoms with Gasteiger partial charge in [-0.1, -0.05) is 34.1 Å². The third-order valence-electron chi connectivity index (χ3n) is 7.38. The average molecular weight is 359 g/mol. The zero-order chi connectivity index (χ0) is 19.1. The van der Waals surface area contributed by atoms with Gasteiger partial charge in [0, 0.05) is 17.5 Å². The fraction of sp³-hybridized carbons (Fsp3) is 0.696. The second-order valence-electron chi connectivity index (χ2n) is 9.40. The van der Waals surface area contributed by atoms with Gasteiger partial charge in [-0.15, -0.1) is 0 Å². The number of rotatable bonds is 4. The van der Waals surface area contributed by atoms with E-state index in [9.17, 15) is 4.79 Å². The normalized spacial score (nSPS) is 33.2. The smallest absolute Gasteiger partial charge is 0.167 e. The van der Waals surface area contributed by atoms with Crippen LogP contribution in [0.1, 0.15) is 70.2 Å². The molecule has 0 N–H and O–H groups in total. The van der Waals surface area contributed by atoms with Crippen molar-refractivity contribution >= 4 is 5.78 Å². The molecule has 26 heavy (non-hydrogen) atoms. The minimum Gasteiger partial charge on any atom is -0.497 e. The highest BCUT2D eigenvalue weighted by Gasteiger charge is 2.55. The van der Waals surface area contributed by atoms with Crippen molar-refractivity contribution in [3.63, 3.8) is 0 Å². The maximum atomic E-state index is 13.7. The Kier molecular flexibility index (Phi) is 5.11. The predicted molar refractivity (Wildman–Crippen MR) is 105 cm³/mol. The molecule has 1 aromatic carbocycles. The van der Waals surface area contributed by atoms with Gasteiger partial charge < -0.3 is 9.47 Å². The molecule has 0 aromatic heterocycles. The summed E-state index contributed by atoms with van der Waals surface area (Å²) in [5, 5.41) is 0. The molecule has 0 saturated heterocycles. The zero-order valence-electron chi connectivity index (χ0n) is 17.2. The molecule has 2 aliphatic carbocycles. The fourth-order valence-electron chi connectivity index (χ4n) is 6.19. The topological polar surface area (TPSA) is 35.5 Å². The van der Waals surface area contributed by atoms with E-state index in [1.54, 1.807) is 14.2 Å². The molecule has 0 radical (unpaired) electrons. The number of hydrogen-bond donors (Lipinski definition) is 0. The Bertz CT molecular complexity index is 656. The molecule has 0 bridgehead atoms. The standard InChI is InChI=1S/C23H34O3/c1-15-8-9-19-22(2,3)10-7-11-23(19,4)20(15)21(24)16-12-17(25-5)14-18(13-16)26-6/h12-15,19-20H,7-11H2,1-6H3/t15-,19+,20+,23+/m1/s1. The Balaban J connectivity index is 2.02. The highest BCUT2D eigenvalue weighted by atomic mass is 16.5. The number of methoxy groups -OCH3 is 2. The van der Waals surface area contributed by atoms with Crippen molar-refractivity contribution in [2.75, 3.05) is 14.2 Å². The summed E-state index contributed by atoms with van der Waals surface area (Å²) < 4.78 is 10.8. The van der Waals surface area contributed by atoms with Gasteiger partial charge in [0.05, 0.1) is 14.2 Å². The van der Waals surface area contributed by atoms with Gasteiger partial charge in [0.25, 0.3) is 0 Å². The molecule has 0 spiro atoms. The van der Waals surface area contributed by atoms with Crippen molar-refractivity contribution in [1.29, 1.82) is 0 Å². The van der Waals surface area contributed by atoms with Gasteiger partial charge in [-0.25, -0.2) is 0 Å². The first kappa shape index (κ1) is 19.3. The second kappa shape index (κ2) is 6.90. The van der Waals surface area contributed by atoms with Crippen molar-refractivity contribution in [1.82, 2.24) is 0 Å². The van der Waals surface area contributed by atoms with Crippen LogP contribution in [0.25, 0.3) is 0 Å². The molecule has 0 amide bonds. The van der Waals surface area contributed by atoms with E-state index in [1.165, 1.54) is 19.3 Å². The first-order chi connectivity index (χ1) is 12.2. The molecule has 0 unspecified atom stereocenters. The monoisotopic (exact) mass is 358 g/mol. The Labute approximate surface area is 158 Å². The number of benzene rings is 1. The summed E-state index contributed by atoms with van der Waals surface area (Å²) in [4.78, 5) is 13.7. The molecule has 2 saturated carbocycles. The lowest BCUT2D eigenvalue weighted by atomic mass is 9.46. The van der Waals surface area contributed by atoms with E-state index in [4.69, 9.17) is 9.47 Å². The third-order valence-corrected chi connectivity index (χ3v) is 7.38. The molecular formula is C23H34O3. The molecule has 2 fully saturated rings. The molecule has 1 aromatic rings. The van der Waals surface area contributed by atoms with Gasteiger partial charge >= 0.3 is 0 Å². The Hall–Kier alpha value is -1.51. The van der Waals surface area contributed by atoms with E-state index in [-0.39, 0.29) is 17.1 Å². The first-order valence-electron chi connectivity index (χ1n) is 10.00. The van der Waals surface area contributed by atoms with Gasteiger partial charge in [-0.05, 0) is 60.5 Å². The second-order valence-corrected chi connectivity index (χ2v) is 9.40. The van der Waals surface area contributed by atoms with Crippen LogP contribution in [0, 0.1) is 28.6 Å². The maximum absolute atomic E-state index is 13.7. The van der Waals surface area contributed by atoms with Crippen LogP contribution >= 0.6 is 0 Å². The molecule has 0 aliphatic heterocycles. The molecular weight excluding hydrogens is 324 g/mol. The summed E-state index contributed by atoms with van der Waals surface area (Å²) in [6, 6.07) is 5.58. The lowest BCUT2D eigenvalue weighted by Crippen LogP contribution is -2.53. The van der Waals surface area contributed by atoms with Crippen molar-refractivity contribution in [3.8, 4) is 11.5 Å². The minimum atomic E-state index is 0.0673. The Morgan fingerprint density at radius 1 is 1.00 bits per heavy atom. The van der Waals surface area contributed by atoms with Crippen LogP contribution in [0.5, 0.6) is 11.5 Å². The van der Waals surface area contributed by atoms with Gasteiger partial charge in [0.2, 0.25) is 0 Å². The number of carbonyl (C=O) groups is 1. The molecule has 3 heteroatoms.